The van der Waals surface area contributed by atoms with Gasteiger partial charge < -0.3 is 24.4 Å². The number of anilines is 1. The molecule has 210 valence electrons. The minimum Gasteiger partial charge on any atom is -0.493 e. The van der Waals surface area contributed by atoms with E-state index >= 15 is 0 Å². The lowest BCUT2D eigenvalue weighted by atomic mass is 9.99. The standard InChI is InChI=1S/C29H28F3N3O5/c1-38-24-11-17(12-25(39-2)26(24)40-3)15-34-9-10-35-23(16-34)27(36)33-22-8-7-19(14-21(22)28(35)37)18-5-4-6-20(13-18)29(30,31)32/h4-8,11-14,23H,9-10,15-16H2,1-3H3,(H,33,36). The second kappa shape index (κ2) is 10.7. The molecule has 5 rings (SSSR count). The third-order valence-electron chi connectivity index (χ3n) is 7.19. The summed E-state index contributed by atoms with van der Waals surface area (Å²) in [7, 11) is 4.61. The van der Waals surface area contributed by atoms with Crippen LogP contribution >= 0.6 is 0 Å². The van der Waals surface area contributed by atoms with Crippen LogP contribution in [0.3, 0.4) is 0 Å². The first-order chi connectivity index (χ1) is 19.1. The summed E-state index contributed by atoms with van der Waals surface area (Å²) >= 11 is 0. The molecule has 0 aliphatic carbocycles. The molecule has 1 unspecified atom stereocenters. The summed E-state index contributed by atoms with van der Waals surface area (Å²) < 4.78 is 56.0. The molecule has 0 radical (unpaired) electrons. The molecule has 40 heavy (non-hydrogen) atoms. The van der Waals surface area contributed by atoms with Crippen LogP contribution < -0.4 is 19.5 Å². The number of alkyl halides is 3. The zero-order valence-electron chi connectivity index (χ0n) is 22.2. The van der Waals surface area contributed by atoms with Gasteiger partial charge >= 0.3 is 6.18 Å². The van der Waals surface area contributed by atoms with Crippen LogP contribution in [0.2, 0.25) is 0 Å². The van der Waals surface area contributed by atoms with Gasteiger partial charge in [-0.15, -0.1) is 0 Å². The van der Waals surface area contributed by atoms with Gasteiger partial charge in [0.05, 0.1) is 38.1 Å². The second-order valence-corrected chi connectivity index (χ2v) is 9.61. The largest absolute Gasteiger partial charge is 0.493 e. The van der Waals surface area contributed by atoms with Crippen molar-refractivity contribution in [1.82, 2.24) is 9.80 Å². The molecule has 3 aromatic carbocycles. The SMILES string of the molecule is COc1cc(CN2CCN3C(=O)c4cc(-c5cccc(C(F)(F)F)c5)ccc4NC(=O)C3C2)cc(OC)c1OC. The summed E-state index contributed by atoms with van der Waals surface area (Å²) in [6, 6.07) is 12.6. The zero-order chi connectivity index (χ0) is 28.6. The molecular weight excluding hydrogens is 527 g/mol. The predicted octanol–water partition coefficient (Wildman–Crippen LogP) is 4.68. The zero-order valence-corrected chi connectivity index (χ0v) is 22.2. The van der Waals surface area contributed by atoms with Gasteiger partial charge in [-0.05, 0) is 53.1 Å². The number of piperazine rings is 1. The quantitative estimate of drug-likeness (QED) is 0.476. The Hall–Kier alpha value is -4.25. The smallest absolute Gasteiger partial charge is 0.416 e. The van der Waals surface area contributed by atoms with Crippen molar-refractivity contribution in [2.45, 2.75) is 18.8 Å². The van der Waals surface area contributed by atoms with Crippen molar-refractivity contribution in [3.05, 3.63) is 71.3 Å². The highest BCUT2D eigenvalue weighted by molar-refractivity contribution is 6.10. The molecule has 1 N–H and O–H groups in total. The molecule has 3 aromatic rings. The van der Waals surface area contributed by atoms with Crippen molar-refractivity contribution >= 4 is 17.5 Å². The monoisotopic (exact) mass is 555 g/mol. The average Bonchev–Trinajstić information content (AvgIpc) is 3.05. The van der Waals surface area contributed by atoms with Crippen LogP contribution in [0.15, 0.2) is 54.6 Å². The summed E-state index contributed by atoms with van der Waals surface area (Å²) in [5.41, 5.74) is 1.46. The average molecular weight is 556 g/mol. The summed E-state index contributed by atoms with van der Waals surface area (Å²) in [6.07, 6.45) is -4.49. The number of amides is 2. The number of fused-ring (bicyclic) bond motifs is 2. The van der Waals surface area contributed by atoms with Crippen LogP contribution in [0.5, 0.6) is 17.2 Å². The van der Waals surface area contributed by atoms with Gasteiger partial charge in [-0.3, -0.25) is 14.5 Å². The van der Waals surface area contributed by atoms with E-state index in [1.54, 1.807) is 18.2 Å². The minimum absolute atomic E-state index is 0.240. The van der Waals surface area contributed by atoms with Crippen LogP contribution in [0.1, 0.15) is 21.5 Å². The number of ether oxygens (including phenoxy) is 3. The van der Waals surface area contributed by atoms with E-state index in [2.05, 4.69) is 10.2 Å². The molecule has 2 amide bonds. The van der Waals surface area contributed by atoms with Crippen molar-refractivity contribution in [3.63, 3.8) is 0 Å². The van der Waals surface area contributed by atoms with Crippen LogP contribution in [0.4, 0.5) is 18.9 Å². The first-order valence-electron chi connectivity index (χ1n) is 12.6. The van der Waals surface area contributed by atoms with Crippen molar-refractivity contribution in [2.75, 3.05) is 46.3 Å². The van der Waals surface area contributed by atoms with Crippen LogP contribution in [-0.4, -0.2) is 68.6 Å². The highest BCUT2D eigenvalue weighted by atomic mass is 19.4. The van der Waals surface area contributed by atoms with Crippen molar-refractivity contribution in [2.24, 2.45) is 0 Å². The third kappa shape index (κ3) is 5.16. The fourth-order valence-electron chi connectivity index (χ4n) is 5.19. The molecular formula is C29H28F3N3O5. The minimum atomic E-state index is -4.49. The predicted molar refractivity (Wildman–Crippen MR) is 142 cm³/mol. The van der Waals surface area contributed by atoms with Gasteiger partial charge in [0.25, 0.3) is 5.91 Å². The molecule has 0 spiro atoms. The Labute approximate surface area is 229 Å². The number of benzene rings is 3. The lowest BCUT2D eigenvalue weighted by molar-refractivity contribution is -0.137. The van der Waals surface area contributed by atoms with Crippen molar-refractivity contribution < 1.29 is 37.0 Å². The summed E-state index contributed by atoms with van der Waals surface area (Å²) in [6.45, 7) is 1.58. The highest BCUT2D eigenvalue weighted by Gasteiger charge is 2.39. The van der Waals surface area contributed by atoms with Crippen LogP contribution in [-0.2, 0) is 17.5 Å². The van der Waals surface area contributed by atoms with E-state index in [1.165, 1.54) is 38.4 Å². The first-order valence-corrected chi connectivity index (χ1v) is 12.6. The van der Waals surface area contributed by atoms with Crippen molar-refractivity contribution in [1.29, 1.82) is 0 Å². The molecule has 1 atom stereocenters. The fourth-order valence-corrected chi connectivity index (χ4v) is 5.19. The molecule has 1 saturated heterocycles. The van der Waals surface area contributed by atoms with Crippen LogP contribution in [0.25, 0.3) is 11.1 Å². The maximum atomic E-state index is 13.6. The Morgan fingerprint density at radius 2 is 1.60 bits per heavy atom. The molecule has 2 aliphatic heterocycles. The number of nitrogens with zero attached hydrogens (tertiary/aromatic N) is 2. The Bertz CT molecular complexity index is 1430. The molecule has 0 saturated carbocycles. The molecule has 2 aliphatic rings. The molecule has 11 heteroatoms. The van der Waals surface area contributed by atoms with Gasteiger partial charge in [0.1, 0.15) is 6.04 Å². The normalized spacial score (nSPS) is 17.4. The van der Waals surface area contributed by atoms with Gasteiger partial charge in [-0.1, -0.05) is 18.2 Å². The summed E-state index contributed by atoms with van der Waals surface area (Å²) in [4.78, 5) is 30.5. The topological polar surface area (TPSA) is 80.3 Å². The van der Waals surface area contributed by atoms with Gasteiger partial charge in [-0.25, -0.2) is 0 Å². The first kappa shape index (κ1) is 27.3. The van der Waals surface area contributed by atoms with Gasteiger partial charge in [0.15, 0.2) is 11.5 Å². The van der Waals surface area contributed by atoms with Gasteiger partial charge in [0, 0.05) is 26.2 Å². The highest BCUT2D eigenvalue weighted by Crippen LogP contribution is 2.39. The molecule has 1 fully saturated rings. The Kier molecular flexibility index (Phi) is 7.33. The molecule has 0 aromatic heterocycles. The van der Waals surface area contributed by atoms with E-state index in [0.717, 1.165) is 17.7 Å². The fraction of sp³-hybridized carbons (Fsp3) is 0.310. The molecule has 8 nitrogen and oxygen atoms in total. The Morgan fingerprint density at radius 1 is 0.900 bits per heavy atom. The number of methoxy groups -OCH3 is 3. The molecule has 2 heterocycles. The van der Waals surface area contributed by atoms with Crippen LogP contribution in [0, 0.1) is 0 Å². The van der Waals surface area contributed by atoms with E-state index < -0.39 is 17.8 Å². The van der Waals surface area contributed by atoms with Crippen molar-refractivity contribution in [3.8, 4) is 28.4 Å². The number of carbonyl (C=O) groups excluding carboxylic acids is 2. The number of hydrogen-bond donors (Lipinski definition) is 1. The maximum absolute atomic E-state index is 13.6. The Balaban J connectivity index is 1.38. The Morgan fingerprint density at radius 3 is 2.25 bits per heavy atom. The van der Waals surface area contributed by atoms with E-state index in [4.69, 9.17) is 14.2 Å². The van der Waals surface area contributed by atoms with Gasteiger partial charge in [-0.2, -0.15) is 13.2 Å². The van der Waals surface area contributed by atoms with Gasteiger partial charge in [0.2, 0.25) is 11.7 Å². The van der Waals surface area contributed by atoms with E-state index in [1.807, 2.05) is 12.1 Å². The summed E-state index contributed by atoms with van der Waals surface area (Å²) in [5, 5.41) is 2.84. The van der Waals surface area contributed by atoms with E-state index in [-0.39, 0.29) is 17.4 Å². The summed E-state index contributed by atoms with van der Waals surface area (Å²) in [5.74, 6) is 0.845. The van der Waals surface area contributed by atoms with E-state index in [9.17, 15) is 22.8 Å². The maximum Gasteiger partial charge on any atom is 0.416 e. The van der Waals surface area contributed by atoms with E-state index in [0.29, 0.717) is 60.2 Å². The number of carbonyl (C=O) groups is 2. The second-order valence-electron chi connectivity index (χ2n) is 9.61. The number of rotatable bonds is 6. The number of halogens is 3. The lowest BCUT2D eigenvalue weighted by Gasteiger charge is -2.39. The molecule has 0 bridgehead atoms. The number of nitrogens with one attached hydrogen (secondary N) is 1. The third-order valence-corrected chi connectivity index (χ3v) is 7.19. The number of hydrogen-bond acceptors (Lipinski definition) is 6. The lowest BCUT2D eigenvalue weighted by Crippen LogP contribution is -2.58.